The maximum Gasteiger partial charge on any atom is 0.416 e. The van der Waals surface area contributed by atoms with Crippen molar-refractivity contribution in [3.63, 3.8) is 0 Å². The van der Waals surface area contributed by atoms with Crippen LogP contribution in [0.1, 0.15) is 12.5 Å². The van der Waals surface area contributed by atoms with Crippen LogP contribution in [0.4, 0.5) is 27.6 Å². The zero-order chi connectivity index (χ0) is 27.8. The second kappa shape index (κ2) is 10.2. The monoisotopic (exact) mass is 556 g/mol. The molecule has 7 nitrogen and oxygen atoms in total. The Morgan fingerprint density at radius 2 is 1.87 bits per heavy atom. The fraction of sp³-hybridized carbons (Fsp3) is 0.240. The molecule has 4 rings (SSSR count). The van der Waals surface area contributed by atoms with E-state index in [1.165, 1.54) is 25.1 Å². The number of aliphatic hydroxyl groups is 1. The van der Waals surface area contributed by atoms with Gasteiger partial charge in [-0.25, -0.2) is 17.2 Å². The Labute approximate surface area is 214 Å². The van der Waals surface area contributed by atoms with Crippen LogP contribution in [0.3, 0.4) is 0 Å². The Morgan fingerprint density at radius 3 is 2.55 bits per heavy atom. The Balaban J connectivity index is 1.80. The fourth-order valence-electron chi connectivity index (χ4n) is 3.85. The van der Waals surface area contributed by atoms with Crippen LogP contribution in [0.25, 0.3) is 11.1 Å². The first-order valence-corrected chi connectivity index (χ1v) is 12.6. The molecular weight excluding hydrogens is 535 g/mol. The second-order valence-corrected chi connectivity index (χ2v) is 10.4. The number of benzene rings is 3. The van der Waals surface area contributed by atoms with Crippen LogP contribution in [0.15, 0.2) is 65.6 Å². The van der Waals surface area contributed by atoms with E-state index in [2.05, 4.69) is 5.32 Å². The van der Waals surface area contributed by atoms with E-state index in [0.29, 0.717) is 6.07 Å². The van der Waals surface area contributed by atoms with E-state index in [4.69, 9.17) is 4.74 Å². The Morgan fingerprint density at radius 1 is 1.13 bits per heavy atom. The summed E-state index contributed by atoms with van der Waals surface area (Å²) in [5, 5.41) is 11.8. The zero-order valence-corrected chi connectivity index (χ0v) is 20.5. The average Bonchev–Trinajstić information content (AvgIpc) is 2.87. The highest BCUT2D eigenvalue weighted by Gasteiger charge is 2.37. The number of hydrogen-bond donors (Lipinski definition) is 2. The summed E-state index contributed by atoms with van der Waals surface area (Å²) in [4.78, 5) is 11.1. The van der Waals surface area contributed by atoms with Crippen LogP contribution in [-0.4, -0.2) is 44.7 Å². The molecular formula is C25H21F5N2O5S. The topological polar surface area (TPSA) is 95.9 Å². The molecule has 3 aromatic carbocycles. The molecule has 1 aliphatic rings. The van der Waals surface area contributed by atoms with Gasteiger partial charge in [0, 0.05) is 5.56 Å². The molecule has 0 saturated carbocycles. The number of anilines is 1. The van der Waals surface area contributed by atoms with E-state index in [1.807, 2.05) is 0 Å². The number of amides is 1. The number of rotatable bonds is 6. The molecule has 1 aliphatic heterocycles. The molecule has 0 fully saturated rings. The lowest BCUT2D eigenvalue weighted by Gasteiger charge is -2.36. The maximum absolute atomic E-state index is 14.4. The van der Waals surface area contributed by atoms with Crippen LogP contribution in [0.5, 0.6) is 5.75 Å². The molecule has 0 saturated heterocycles. The lowest BCUT2D eigenvalue weighted by molar-refractivity contribution is -0.137. The van der Waals surface area contributed by atoms with Crippen molar-refractivity contribution in [3.05, 3.63) is 77.9 Å². The first-order valence-electron chi connectivity index (χ1n) is 11.2. The van der Waals surface area contributed by atoms with Gasteiger partial charge in [0.05, 0.1) is 29.2 Å². The number of nitrogens with zero attached hydrogens (tertiary/aromatic N) is 1. The Kier molecular flexibility index (Phi) is 7.35. The number of ether oxygens (including phenoxy) is 1. The molecule has 0 unspecified atom stereocenters. The van der Waals surface area contributed by atoms with E-state index < -0.39 is 63.0 Å². The zero-order valence-electron chi connectivity index (χ0n) is 19.7. The number of carbonyl (C=O) groups is 1. The molecule has 1 heterocycles. The molecule has 1 amide bonds. The molecule has 38 heavy (non-hydrogen) atoms. The first kappa shape index (κ1) is 27.3. The molecule has 13 heteroatoms. The summed E-state index contributed by atoms with van der Waals surface area (Å²) in [6.45, 7) is 0.544. The van der Waals surface area contributed by atoms with Gasteiger partial charge in [0.2, 0.25) is 5.91 Å². The van der Waals surface area contributed by atoms with Crippen molar-refractivity contribution in [1.82, 2.24) is 5.32 Å². The summed E-state index contributed by atoms with van der Waals surface area (Å²) >= 11 is 0. The van der Waals surface area contributed by atoms with Gasteiger partial charge in [0.15, 0.2) is 0 Å². The normalized spacial score (nSPS) is 16.4. The second-order valence-electron chi connectivity index (χ2n) is 8.53. The van der Waals surface area contributed by atoms with E-state index in [1.54, 1.807) is 0 Å². The van der Waals surface area contributed by atoms with E-state index >= 15 is 0 Å². The van der Waals surface area contributed by atoms with Crippen LogP contribution < -0.4 is 14.4 Å². The minimum Gasteiger partial charge on any atom is -0.484 e. The number of halogens is 5. The van der Waals surface area contributed by atoms with Gasteiger partial charge in [-0.3, -0.25) is 9.10 Å². The highest BCUT2D eigenvalue weighted by Crippen LogP contribution is 2.41. The third-order valence-electron chi connectivity index (χ3n) is 5.76. The van der Waals surface area contributed by atoms with Gasteiger partial charge in [0.25, 0.3) is 10.0 Å². The van der Waals surface area contributed by atoms with Crippen molar-refractivity contribution < 1.29 is 45.0 Å². The van der Waals surface area contributed by atoms with Crippen LogP contribution in [-0.2, 0) is 21.0 Å². The molecule has 3 aromatic rings. The highest BCUT2D eigenvalue weighted by molar-refractivity contribution is 7.92. The third-order valence-corrected chi connectivity index (χ3v) is 7.54. The van der Waals surface area contributed by atoms with Gasteiger partial charge in [-0.1, -0.05) is 12.1 Å². The number of aliphatic hydroxyl groups excluding tert-OH is 1. The van der Waals surface area contributed by atoms with Crippen molar-refractivity contribution >= 4 is 21.6 Å². The Hall–Kier alpha value is -3.71. The summed E-state index contributed by atoms with van der Waals surface area (Å²) in [6.07, 6.45) is -7.15. The maximum atomic E-state index is 14.4. The number of fused-ring (bicyclic) bond motifs is 1. The van der Waals surface area contributed by atoms with Gasteiger partial charge in [-0.05, 0) is 61.0 Å². The smallest absolute Gasteiger partial charge is 0.416 e. The first-order chi connectivity index (χ1) is 17.8. The van der Waals surface area contributed by atoms with Crippen LogP contribution in [0, 0.1) is 11.6 Å². The predicted molar refractivity (Wildman–Crippen MR) is 127 cm³/mol. The van der Waals surface area contributed by atoms with Gasteiger partial charge in [-0.2, -0.15) is 13.2 Å². The minimum atomic E-state index is -4.80. The molecule has 0 aliphatic carbocycles. The van der Waals surface area contributed by atoms with E-state index in [9.17, 15) is 40.3 Å². The predicted octanol–water partition coefficient (Wildman–Crippen LogP) is 4.10. The molecule has 2 N–H and O–H groups in total. The molecule has 0 spiro atoms. The molecule has 0 aromatic heterocycles. The van der Waals surface area contributed by atoms with Crippen molar-refractivity contribution in [1.29, 1.82) is 0 Å². The lowest BCUT2D eigenvalue weighted by Crippen LogP contribution is -2.49. The highest BCUT2D eigenvalue weighted by atomic mass is 32.2. The van der Waals surface area contributed by atoms with Crippen molar-refractivity contribution in [2.24, 2.45) is 0 Å². The molecule has 202 valence electrons. The van der Waals surface area contributed by atoms with Gasteiger partial charge >= 0.3 is 6.18 Å². The standard InChI is InChI=1S/C25H21F5N2O5S/c1-14(33)24(34)31-12-18-13-32(38(35,36)19-4-2-3-16(10-19)25(28,29)30)22-9-15(5-8-23(22)37-18)20-11-17(26)6-7-21(20)27/h2-11,14,18,33H,12-13H2,1H3,(H,31,34)/t14-,18-/m0/s1. The van der Waals surface area contributed by atoms with Crippen molar-refractivity contribution in [3.8, 4) is 16.9 Å². The number of sulfonamides is 1. The minimum absolute atomic E-state index is 0.0244. The fourth-order valence-corrected chi connectivity index (χ4v) is 5.40. The van der Waals surface area contributed by atoms with Crippen molar-refractivity contribution in [2.45, 2.75) is 30.2 Å². The Bertz CT molecular complexity index is 1480. The molecule has 0 bridgehead atoms. The summed E-state index contributed by atoms with van der Waals surface area (Å²) < 4.78 is 102. The lowest BCUT2D eigenvalue weighted by atomic mass is 10.0. The summed E-state index contributed by atoms with van der Waals surface area (Å²) in [5.41, 5.74) is -1.38. The average molecular weight is 557 g/mol. The molecule has 0 radical (unpaired) electrons. The van der Waals surface area contributed by atoms with E-state index in [-0.39, 0.29) is 29.1 Å². The number of nitrogens with one attached hydrogen (secondary N) is 1. The molecule has 2 atom stereocenters. The van der Waals surface area contributed by atoms with Gasteiger partial charge in [-0.15, -0.1) is 0 Å². The largest absolute Gasteiger partial charge is 0.484 e. The number of hydrogen-bond acceptors (Lipinski definition) is 5. The third kappa shape index (κ3) is 5.58. The van der Waals surface area contributed by atoms with Crippen LogP contribution in [0.2, 0.25) is 0 Å². The summed E-state index contributed by atoms with van der Waals surface area (Å²) in [5.74, 6) is -2.29. The number of carbonyl (C=O) groups excluding carboxylic acids is 1. The van der Waals surface area contributed by atoms with Gasteiger partial charge < -0.3 is 15.2 Å². The van der Waals surface area contributed by atoms with Crippen LogP contribution >= 0.6 is 0 Å². The summed E-state index contributed by atoms with van der Waals surface area (Å²) in [7, 11) is -4.64. The van der Waals surface area contributed by atoms with Crippen molar-refractivity contribution in [2.75, 3.05) is 17.4 Å². The number of alkyl halides is 3. The van der Waals surface area contributed by atoms with Gasteiger partial charge in [0.1, 0.15) is 29.6 Å². The van der Waals surface area contributed by atoms with E-state index in [0.717, 1.165) is 40.7 Å². The quantitative estimate of drug-likeness (QED) is 0.446. The summed E-state index contributed by atoms with van der Waals surface area (Å²) in [6, 6.07) is 9.81. The SMILES string of the molecule is C[C@H](O)C(=O)NC[C@H]1CN(S(=O)(=O)c2cccc(C(F)(F)F)c2)c2cc(-c3cc(F)ccc3F)ccc2O1.